The quantitative estimate of drug-likeness (QED) is 0.836. The van der Waals surface area contributed by atoms with E-state index in [1.165, 1.54) is 11.1 Å². The van der Waals surface area contributed by atoms with Gasteiger partial charge in [-0.2, -0.15) is 0 Å². The summed E-state index contributed by atoms with van der Waals surface area (Å²) in [4.78, 5) is 13.8. The van der Waals surface area contributed by atoms with Gasteiger partial charge in [0.25, 0.3) is 0 Å². The van der Waals surface area contributed by atoms with Gasteiger partial charge in [-0.05, 0) is 36.3 Å². The van der Waals surface area contributed by atoms with Crippen molar-refractivity contribution in [1.29, 1.82) is 0 Å². The zero-order chi connectivity index (χ0) is 16.7. The summed E-state index contributed by atoms with van der Waals surface area (Å²) in [5.74, 6) is 0.578. The molecule has 3 heterocycles. The largest absolute Gasteiger partial charge is 0.480 e. The topological polar surface area (TPSA) is 46.8 Å². The predicted octanol–water partition coefficient (Wildman–Crippen LogP) is 3.82. The smallest absolute Gasteiger partial charge is 0.223 e. The molecule has 1 aromatic carbocycles. The van der Waals surface area contributed by atoms with Crippen LogP contribution in [-0.4, -0.2) is 36.6 Å². The highest BCUT2D eigenvalue weighted by Gasteiger charge is 2.28. The van der Waals surface area contributed by atoms with Crippen molar-refractivity contribution in [3.8, 4) is 5.88 Å². The van der Waals surface area contributed by atoms with Crippen LogP contribution < -0.4 is 4.74 Å². The van der Waals surface area contributed by atoms with Gasteiger partial charge in [0.15, 0.2) is 0 Å². The van der Waals surface area contributed by atoms with Crippen molar-refractivity contribution < 1.29 is 4.74 Å². The number of rotatable bonds is 2. The third-order valence-corrected chi connectivity index (χ3v) is 4.64. The fourth-order valence-electron chi connectivity index (χ4n) is 3.27. The van der Waals surface area contributed by atoms with E-state index in [0.717, 1.165) is 28.1 Å². The molecule has 24 heavy (non-hydrogen) atoms. The maximum Gasteiger partial charge on any atom is 0.223 e. The molecular weight excluding hydrogens is 322 g/mol. The zero-order valence-corrected chi connectivity index (χ0v) is 14.3. The number of benzene rings is 1. The summed E-state index contributed by atoms with van der Waals surface area (Å²) in [5, 5.41) is 0.704. The Morgan fingerprint density at radius 1 is 1.04 bits per heavy atom. The second-order valence-electron chi connectivity index (χ2n) is 5.79. The van der Waals surface area contributed by atoms with E-state index in [9.17, 15) is 0 Å². The standard InChI is InChI=1S/C19H16ClN3O/c1-11-16-13(9-22-11)10-23-18(12-3-5-14(20)6-4-12)17-15(16)7-8-21-19(17)24-2/h3-8H,9-10H2,1-2H3. The first-order chi connectivity index (χ1) is 11.7. The molecule has 0 unspecified atom stereocenters. The molecule has 2 aromatic rings. The predicted molar refractivity (Wildman–Crippen MR) is 97.6 cm³/mol. The molecule has 0 saturated heterocycles. The Bertz CT molecular complexity index is 911. The molecule has 0 radical (unpaired) electrons. The van der Waals surface area contributed by atoms with Crippen LogP contribution in [0.2, 0.25) is 5.02 Å². The molecule has 5 heteroatoms. The first-order valence-electron chi connectivity index (χ1n) is 7.76. The van der Waals surface area contributed by atoms with Crippen LogP contribution >= 0.6 is 11.6 Å². The van der Waals surface area contributed by atoms with Gasteiger partial charge >= 0.3 is 0 Å². The van der Waals surface area contributed by atoms with Gasteiger partial charge < -0.3 is 4.74 Å². The van der Waals surface area contributed by atoms with Crippen molar-refractivity contribution in [2.45, 2.75) is 6.92 Å². The van der Waals surface area contributed by atoms with Crippen molar-refractivity contribution >= 4 is 28.6 Å². The summed E-state index contributed by atoms with van der Waals surface area (Å²) in [6, 6.07) is 9.74. The van der Waals surface area contributed by atoms with Crippen molar-refractivity contribution in [2.75, 3.05) is 20.2 Å². The van der Waals surface area contributed by atoms with Gasteiger partial charge in [-0.3, -0.25) is 9.98 Å². The van der Waals surface area contributed by atoms with Gasteiger partial charge in [0, 0.05) is 28.1 Å². The minimum Gasteiger partial charge on any atom is -0.480 e. The second-order valence-corrected chi connectivity index (χ2v) is 6.23. The Balaban J connectivity index is 1.97. The number of aliphatic imine (C=N–C) groups is 2. The van der Waals surface area contributed by atoms with Crippen LogP contribution in [0.5, 0.6) is 5.88 Å². The molecule has 0 fully saturated rings. The van der Waals surface area contributed by atoms with E-state index in [-0.39, 0.29) is 0 Å². The summed E-state index contributed by atoms with van der Waals surface area (Å²) >= 11 is 6.04. The fraction of sp³-hybridized carbons (Fsp3) is 0.211. The van der Waals surface area contributed by atoms with Crippen LogP contribution in [0.1, 0.15) is 23.6 Å². The molecule has 2 aliphatic heterocycles. The molecule has 120 valence electrons. The van der Waals surface area contributed by atoms with E-state index in [4.69, 9.17) is 21.3 Å². The van der Waals surface area contributed by atoms with Crippen LogP contribution in [0.15, 0.2) is 52.1 Å². The van der Waals surface area contributed by atoms with Crippen LogP contribution in [0.4, 0.5) is 0 Å². The first-order valence-corrected chi connectivity index (χ1v) is 8.14. The zero-order valence-electron chi connectivity index (χ0n) is 13.5. The van der Waals surface area contributed by atoms with Gasteiger partial charge in [0.2, 0.25) is 5.88 Å². The number of hydrogen-bond acceptors (Lipinski definition) is 4. The fourth-order valence-corrected chi connectivity index (χ4v) is 3.40. The molecule has 0 bridgehead atoms. The number of halogens is 1. The number of pyridine rings is 1. The van der Waals surface area contributed by atoms with Crippen LogP contribution in [0.25, 0.3) is 5.57 Å². The highest BCUT2D eigenvalue weighted by atomic mass is 35.5. The van der Waals surface area contributed by atoms with Gasteiger partial charge in [-0.1, -0.05) is 23.7 Å². The SMILES string of the molecule is COc1nccc2c1C(c1ccc(Cl)cc1)=NCC1=C2C(C)=NC1. The normalized spacial score (nSPS) is 16.1. The molecule has 0 N–H and O–H groups in total. The number of aromatic nitrogens is 1. The molecule has 0 spiro atoms. The first kappa shape index (κ1) is 15.1. The van der Waals surface area contributed by atoms with E-state index >= 15 is 0 Å². The van der Waals surface area contributed by atoms with Crippen molar-refractivity contribution in [2.24, 2.45) is 9.98 Å². The van der Waals surface area contributed by atoms with Gasteiger partial charge in [0.05, 0.1) is 31.5 Å². The highest BCUT2D eigenvalue weighted by Crippen LogP contribution is 2.36. The lowest BCUT2D eigenvalue weighted by atomic mass is 9.92. The molecule has 4 nitrogen and oxygen atoms in total. The van der Waals surface area contributed by atoms with Crippen molar-refractivity contribution in [1.82, 2.24) is 4.98 Å². The minimum absolute atomic E-state index is 0.578. The van der Waals surface area contributed by atoms with Crippen LogP contribution in [0, 0.1) is 0 Å². The number of nitrogens with zero attached hydrogens (tertiary/aromatic N) is 3. The number of ether oxygens (including phenoxy) is 1. The Morgan fingerprint density at radius 2 is 1.79 bits per heavy atom. The molecule has 0 saturated carbocycles. The van der Waals surface area contributed by atoms with E-state index < -0.39 is 0 Å². The molecule has 4 rings (SSSR count). The third kappa shape index (κ3) is 2.34. The maximum atomic E-state index is 6.04. The maximum absolute atomic E-state index is 6.04. The number of allylic oxidation sites excluding steroid dienone is 1. The second kappa shape index (κ2) is 5.87. The molecule has 0 aliphatic carbocycles. The summed E-state index contributed by atoms with van der Waals surface area (Å²) in [6.07, 6.45) is 1.78. The monoisotopic (exact) mass is 337 g/mol. The third-order valence-electron chi connectivity index (χ3n) is 4.38. The summed E-state index contributed by atoms with van der Waals surface area (Å²) < 4.78 is 5.55. The lowest BCUT2D eigenvalue weighted by molar-refractivity contribution is 0.397. The Hall–Kier alpha value is -2.46. The molecule has 2 aliphatic rings. The summed E-state index contributed by atoms with van der Waals surface area (Å²) in [5.41, 5.74) is 7.36. The molecular formula is C19H16ClN3O. The van der Waals surface area contributed by atoms with E-state index in [1.807, 2.05) is 37.3 Å². The number of hydrogen-bond donors (Lipinski definition) is 0. The Labute approximate surface area is 145 Å². The van der Waals surface area contributed by atoms with Gasteiger partial charge in [0.1, 0.15) is 0 Å². The van der Waals surface area contributed by atoms with E-state index in [1.54, 1.807) is 13.3 Å². The Kier molecular flexibility index (Phi) is 3.69. The van der Waals surface area contributed by atoms with Crippen LogP contribution in [-0.2, 0) is 0 Å². The average molecular weight is 338 g/mol. The van der Waals surface area contributed by atoms with Crippen molar-refractivity contribution in [3.05, 3.63) is 63.8 Å². The van der Waals surface area contributed by atoms with E-state index in [0.29, 0.717) is 24.0 Å². The lowest BCUT2D eigenvalue weighted by Gasteiger charge is -2.15. The minimum atomic E-state index is 0.578. The average Bonchev–Trinajstić information content (AvgIpc) is 2.87. The van der Waals surface area contributed by atoms with Gasteiger partial charge in [-0.25, -0.2) is 4.98 Å². The molecule has 0 amide bonds. The number of methoxy groups -OCH3 is 1. The molecule has 0 atom stereocenters. The lowest BCUT2D eigenvalue weighted by Crippen LogP contribution is -2.10. The van der Waals surface area contributed by atoms with E-state index in [2.05, 4.69) is 9.98 Å². The number of fused-ring (bicyclic) bond motifs is 2. The van der Waals surface area contributed by atoms with Gasteiger partial charge in [-0.15, -0.1) is 0 Å². The van der Waals surface area contributed by atoms with Crippen molar-refractivity contribution in [3.63, 3.8) is 0 Å². The highest BCUT2D eigenvalue weighted by molar-refractivity contribution is 6.31. The molecule has 1 aromatic heterocycles. The van der Waals surface area contributed by atoms with Crippen LogP contribution in [0.3, 0.4) is 0 Å². The summed E-state index contributed by atoms with van der Waals surface area (Å²) in [7, 11) is 1.64. The summed E-state index contributed by atoms with van der Waals surface area (Å²) in [6.45, 7) is 3.39. The Morgan fingerprint density at radius 3 is 2.54 bits per heavy atom.